The molecule has 0 aliphatic rings. The zero-order chi connectivity index (χ0) is 11.9. The van der Waals surface area contributed by atoms with Crippen molar-refractivity contribution in [3.63, 3.8) is 0 Å². The Balaban J connectivity index is 4.74. The molecule has 0 fully saturated rings. The Morgan fingerprint density at radius 2 is 1.07 bits per heavy atom. The first-order valence-electron chi connectivity index (χ1n) is 6.86. The molecular formula is C13H31NSn. The molecule has 0 aromatic heterocycles. The van der Waals surface area contributed by atoms with E-state index in [2.05, 4.69) is 45.1 Å². The van der Waals surface area contributed by atoms with Crippen LogP contribution in [0.15, 0.2) is 0 Å². The molecule has 0 aromatic rings. The van der Waals surface area contributed by atoms with E-state index in [9.17, 15) is 0 Å². The van der Waals surface area contributed by atoms with E-state index in [1.165, 1.54) is 32.6 Å². The van der Waals surface area contributed by atoms with E-state index in [1.807, 2.05) is 0 Å². The molecule has 92 valence electrons. The molecule has 0 unspecified atom stereocenters. The molecule has 0 bridgehead atoms. The van der Waals surface area contributed by atoms with Crippen LogP contribution in [0.5, 0.6) is 0 Å². The van der Waals surface area contributed by atoms with Crippen LogP contribution < -0.4 is 3.54 Å². The molecule has 1 N–H and O–H groups in total. The number of nitrogens with one attached hydrogen (secondary N) is 1. The van der Waals surface area contributed by atoms with Gasteiger partial charge < -0.3 is 0 Å². The van der Waals surface area contributed by atoms with Crippen LogP contribution in [0.25, 0.3) is 0 Å². The third kappa shape index (κ3) is 3.92. The Bertz CT molecular complexity index is 125. The maximum atomic E-state index is 4.19. The molecule has 1 nitrogen and oxygen atoms in total. The van der Waals surface area contributed by atoms with E-state index >= 15 is 0 Å². The molecule has 0 amide bonds. The summed E-state index contributed by atoms with van der Waals surface area (Å²) in [5.74, 6) is 0. The SMILES string of the molecule is CCC(CC)(CC)[NH][Sn]([CH2]C)([CH2]C)[CH2]C. The normalized spacial score (nSPS) is 13.2. The zero-order valence-corrected chi connectivity index (χ0v) is 14.6. The van der Waals surface area contributed by atoms with Crippen LogP contribution in [0.1, 0.15) is 60.8 Å². The Labute approximate surface area is 102 Å². The number of hydrogen-bond donors (Lipinski definition) is 1. The second kappa shape index (κ2) is 7.16. The Hall–Kier alpha value is 0.759. The monoisotopic (exact) mass is 321 g/mol. The van der Waals surface area contributed by atoms with Gasteiger partial charge in [-0.3, -0.25) is 0 Å². The second-order valence-electron chi connectivity index (χ2n) is 4.81. The van der Waals surface area contributed by atoms with Crippen molar-refractivity contribution in [3.8, 4) is 0 Å². The summed E-state index contributed by atoms with van der Waals surface area (Å²) in [4.78, 5) is 0. The molecule has 0 rings (SSSR count). The van der Waals surface area contributed by atoms with Gasteiger partial charge in [-0.2, -0.15) is 0 Å². The van der Waals surface area contributed by atoms with Gasteiger partial charge in [0, 0.05) is 0 Å². The van der Waals surface area contributed by atoms with E-state index in [4.69, 9.17) is 0 Å². The van der Waals surface area contributed by atoms with Gasteiger partial charge in [-0.05, 0) is 0 Å². The molecule has 0 saturated heterocycles. The van der Waals surface area contributed by atoms with Gasteiger partial charge in [0.15, 0.2) is 0 Å². The third-order valence-electron chi connectivity index (χ3n) is 4.59. The van der Waals surface area contributed by atoms with Crippen molar-refractivity contribution in [3.05, 3.63) is 0 Å². The van der Waals surface area contributed by atoms with Crippen molar-refractivity contribution < 1.29 is 0 Å². The molecular weight excluding hydrogens is 289 g/mol. The average Bonchev–Trinajstić information content (AvgIpc) is 2.33. The number of hydrogen-bond acceptors (Lipinski definition) is 1. The Morgan fingerprint density at radius 1 is 0.733 bits per heavy atom. The van der Waals surface area contributed by atoms with Crippen molar-refractivity contribution in [2.45, 2.75) is 79.7 Å². The van der Waals surface area contributed by atoms with Crippen LogP contribution in [0.4, 0.5) is 0 Å². The fourth-order valence-electron chi connectivity index (χ4n) is 2.59. The van der Waals surface area contributed by atoms with Gasteiger partial charge in [0.1, 0.15) is 0 Å². The molecule has 2 heteroatoms. The molecule has 0 saturated carbocycles. The third-order valence-corrected chi connectivity index (χ3v) is 19.2. The van der Waals surface area contributed by atoms with Crippen LogP contribution in [-0.2, 0) is 0 Å². The standard InChI is InChI=1S/C7H16N.3C2H5.Sn/c1-4-7(8,5-2)6-3;3*1-2;/h8H,4-6H2,1-3H3;3*1H2,2H3;/q-1;;;;+1. The van der Waals surface area contributed by atoms with Crippen molar-refractivity contribution in [2.75, 3.05) is 0 Å². The van der Waals surface area contributed by atoms with E-state index in [1.54, 1.807) is 0 Å². The summed E-state index contributed by atoms with van der Waals surface area (Å²) < 4.78 is 8.53. The van der Waals surface area contributed by atoms with Crippen LogP contribution in [0.3, 0.4) is 0 Å². The van der Waals surface area contributed by atoms with Gasteiger partial charge in [-0.1, -0.05) is 0 Å². The molecule has 0 aliphatic heterocycles. The first kappa shape index (κ1) is 15.8. The van der Waals surface area contributed by atoms with Crippen molar-refractivity contribution in [1.29, 1.82) is 0 Å². The van der Waals surface area contributed by atoms with Gasteiger partial charge in [0.25, 0.3) is 0 Å². The minimum atomic E-state index is -1.95. The molecule has 0 aromatic carbocycles. The van der Waals surface area contributed by atoms with Crippen LogP contribution in [0.2, 0.25) is 13.3 Å². The van der Waals surface area contributed by atoms with E-state index in [-0.39, 0.29) is 0 Å². The predicted octanol–water partition coefficient (Wildman–Crippen LogP) is 4.55. The van der Waals surface area contributed by atoms with Gasteiger partial charge in [-0.25, -0.2) is 0 Å². The summed E-state index contributed by atoms with van der Waals surface area (Å²) in [6.07, 6.45) is 3.87. The summed E-state index contributed by atoms with van der Waals surface area (Å²) in [5.41, 5.74) is 0.456. The van der Waals surface area contributed by atoms with Crippen LogP contribution in [-0.4, -0.2) is 24.2 Å². The minimum absolute atomic E-state index is 0.456. The first-order valence-corrected chi connectivity index (χ1v) is 14.3. The van der Waals surface area contributed by atoms with Crippen molar-refractivity contribution in [1.82, 2.24) is 3.54 Å². The number of rotatable bonds is 8. The summed E-state index contributed by atoms with van der Waals surface area (Å²) in [5, 5.41) is 0. The molecule has 0 heterocycles. The van der Waals surface area contributed by atoms with Gasteiger partial charge in [-0.15, -0.1) is 0 Å². The second-order valence-corrected chi connectivity index (χ2v) is 18.9. The Morgan fingerprint density at radius 3 is 1.27 bits per heavy atom. The fraction of sp³-hybridized carbons (Fsp3) is 1.00. The average molecular weight is 320 g/mol. The van der Waals surface area contributed by atoms with Crippen LogP contribution in [0, 0.1) is 0 Å². The first-order chi connectivity index (χ1) is 7.07. The molecule has 15 heavy (non-hydrogen) atoms. The molecule has 0 radical (unpaired) electrons. The van der Waals surface area contributed by atoms with E-state index in [0.29, 0.717) is 5.54 Å². The maximum absolute atomic E-state index is 4.19. The Kier molecular flexibility index (Phi) is 7.52. The van der Waals surface area contributed by atoms with Gasteiger partial charge >= 0.3 is 102 Å². The topological polar surface area (TPSA) is 12.0 Å². The summed E-state index contributed by atoms with van der Waals surface area (Å²) in [6, 6.07) is 0. The zero-order valence-electron chi connectivity index (χ0n) is 11.7. The molecule has 0 atom stereocenters. The fourth-order valence-corrected chi connectivity index (χ4v) is 13.1. The van der Waals surface area contributed by atoms with Crippen molar-refractivity contribution >= 4 is 18.7 Å². The summed E-state index contributed by atoms with van der Waals surface area (Å²) >= 11 is -1.95. The molecule has 0 aliphatic carbocycles. The summed E-state index contributed by atoms with van der Waals surface area (Å²) in [7, 11) is 0. The summed E-state index contributed by atoms with van der Waals surface area (Å²) in [6.45, 7) is 14.2. The predicted molar refractivity (Wildman–Crippen MR) is 73.9 cm³/mol. The molecule has 0 spiro atoms. The van der Waals surface area contributed by atoms with Crippen molar-refractivity contribution in [2.24, 2.45) is 0 Å². The van der Waals surface area contributed by atoms with E-state index in [0.717, 1.165) is 0 Å². The van der Waals surface area contributed by atoms with Crippen LogP contribution >= 0.6 is 0 Å². The van der Waals surface area contributed by atoms with Gasteiger partial charge in [0.05, 0.1) is 0 Å². The van der Waals surface area contributed by atoms with E-state index < -0.39 is 18.7 Å². The van der Waals surface area contributed by atoms with Gasteiger partial charge in [0.2, 0.25) is 0 Å². The quantitative estimate of drug-likeness (QED) is 0.647.